The molecule has 1 saturated carbocycles. The van der Waals surface area contributed by atoms with Gasteiger partial charge in [-0.25, -0.2) is 13.1 Å². The quantitative estimate of drug-likeness (QED) is 0.829. The molecule has 0 unspecified atom stereocenters. The molecule has 1 aromatic rings. The van der Waals surface area contributed by atoms with E-state index >= 15 is 0 Å². The summed E-state index contributed by atoms with van der Waals surface area (Å²) in [4.78, 5) is 0.256. The Labute approximate surface area is 120 Å². The fraction of sp³-hybridized carbons (Fsp3) is 0.467. The standard InChI is InChI=1S/C15H19NO3S/c1-2-15(10-4-11-15)16-20(18,19)14-8-6-13(7-9-14)5-3-12-17/h6-9,16-17H,2,4,10-12H2,1H3. The second-order valence-electron chi connectivity index (χ2n) is 5.08. The first-order valence-corrected chi connectivity index (χ1v) is 8.23. The molecule has 4 nitrogen and oxygen atoms in total. The van der Waals surface area contributed by atoms with Gasteiger partial charge in [-0.05, 0) is 49.9 Å². The largest absolute Gasteiger partial charge is 0.384 e. The second kappa shape index (κ2) is 5.96. The topological polar surface area (TPSA) is 66.4 Å². The predicted molar refractivity (Wildman–Crippen MR) is 77.6 cm³/mol. The highest BCUT2D eigenvalue weighted by atomic mass is 32.2. The van der Waals surface area contributed by atoms with Gasteiger partial charge < -0.3 is 5.11 Å². The summed E-state index contributed by atoms with van der Waals surface area (Å²) in [6.07, 6.45) is 3.70. The van der Waals surface area contributed by atoms with Gasteiger partial charge in [0.15, 0.2) is 0 Å². The Morgan fingerprint density at radius 3 is 2.40 bits per heavy atom. The Hall–Kier alpha value is -1.35. The monoisotopic (exact) mass is 293 g/mol. The number of hydrogen-bond donors (Lipinski definition) is 2. The normalized spacial score (nSPS) is 16.9. The molecule has 0 spiro atoms. The number of benzene rings is 1. The van der Waals surface area contributed by atoms with E-state index in [1.165, 1.54) is 0 Å². The minimum atomic E-state index is -3.48. The van der Waals surface area contributed by atoms with E-state index in [0.29, 0.717) is 5.56 Å². The van der Waals surface area contributed by atoms with Gasteiger partial charge in [-0.15, -0.1) is 0 Å². The van der Waals surface area contributed by atoms with Crippen LogP contribution in [0.5, 0.6) is 0 Å². The first kappa shape index (κ1) is 15.0. The number of nitrogens with one attached hydrogen (secondary N) is 1. The smallest absolute Gasteiger partial charge is 0.241 e. The van der Waals surface area contributed by atoms with Crippen molar-refractivity contribution in [2.75, 3.05) is 6.61 Å². The van der Waals surface area contributed by atoms with Gasteiger partial charge in [0.1, 0.15) is 6.61 Å². The Morgan fingerprint density at radius 1 is 1.30 bits per heavy atom. The van der Waals surface area contributed by atoms with Crippen molar-refractivity contribution in [2.45, 2.75) is 43.0 Å². The van der Waals surface area contributed by atoms with Gasteiger partial charge in [0, 0.05) is 11.1 Å². The van der Waals surface area contributed by atoms with E-state index in [1.807, 2.05) is 6.92 Å². The van der Waals surface area contributed by atoms with Gasteiger partial charge >= 0.3 is 0 Å². The van der Waals surface area contributed by atoms with Crippen molar-refractivity contribution in [3.63, 3.8) is 0 Å². The lowest BCUT2D eigenvalue weighted by Gasteiger charge is -2.41. The van der Waals surface area contributed by atoms with Crippen molar-refractivity contribution in [3.8, 4) is 11.8 Å². The van der Waals surface area contributed by atoms with E-state index in [-0.39, 0.29) is 17.0 Å². The molecule has 5 heteroatoms. The summed E-state index contributed by atoms with van der Waals surface area (Å²) in [6.45, 7) is 1.80. The molecule has 2 N–H and O–H groups in total. The van der Waals surface area contributed by atoms with Crippen LogP contribution in [0.25, 0.3) is 0 Å². The molecule has 1 aliphatic rings. The number of rotatable bonds is 4. The maximum absolute atomic E-state index is 12.3. The minimum Gasteiger partial charge on any atom is -0.384 e. The summed E-state index contributed by atoms with van der Waals surface area (Å²) in [6, 6.07) is 6.39. The molecule has 0 radical (unpaired) electrons. The van der Waals surface area contributed by atoms with Gasteiger partial charge in [-0.1, -0.05) is 18.8 Å². The summed E-state index contributed by atoms with van der Waals surface area (Å²) in [5.41, 5.74) is 0.431. The van der Waals surface area contributed by atoms with Crippen molar-refractivity contribution >= 4 is 10.0 Å². The van der Waals surface area contributed by atoms with Crippen LogP contribution in [0.2, 0.25) is 0 Å². The van der Waals surface area contributed by atoms with Crippen molar-refractivity contribution in [3.05, 3.63) is 29.8 Å². The molecule has 0 atom stereocenters. The molecule has 1 aliphatic carbocycles. The highest BCUT2D eigenvalue weighted by molar-refractivity contribution is 7.89. The molecular formula is C15H19NO3S. The Balaban J connectivity index is 2.17. The average molecular weight is 293 g/mol. The molecule has 0 heterocycles. The zero-order valence-corrected chi connectivity index (χ0v) is 12.3. The molecule has 0 saturated heterocycles. The van der Waals surface area contributed by atoms with Crippen LogP contribution in [0.3, 0.4) is 0 Å². The van der Waals surface area contributed by atoms with Crippen molar-refractivity contribution < 1.29 is 13.5 Å². The van der Waals surface area contributed by atoms with E-state index in [4.69, 9.17) is 5.11 Å². The predicted octanol–water partition coefficient (Wildman–Crippen LogP) is 1.64. The van der Waals surface area contributed by atoms with Crippen molar-refractivity contribution in [1.82, 2.24) is 4.72 Å². The van der Waals surface area contributed by atoms with Gasteiger partial charge in [-0.2, -0.15) is 0 Å². The number of aliphatic hydroxyl groups excluding tert-OH is 1. The summed E-state index contributed by atoms with van der Waals surface area (Å²) >= 11 is 0. The van der Waals surface area contributed by atoms with E-state index in [9.17, 15) is 8.42 Å². The lowest BCUT2D eigenvalue weighted by atomic mass is 9.76. The molecule has 2 rings (SSSR count). The summed E-state index contributed by atoms with van der Waals surface area (Å²) in [7, 11) is -3.48. The minimum absolute atomic E-state index is 0.208. The van der Waals surface area contributed by atoms with Crippen LogP contribution in [0.15, 0.2) is 29.2 Å². The van der Waals surface area contributed by atoms with E-state index in [2.05, 4.69) is 16.6 Å². The van der Waals surface area contributed by atoms with Gasteiger partial charge in [0.2, 0.25) is 10.0 Å². The van der Waals surface area contributed by atoms with Crippen LogP contribution < -0.4 is 4.72 Å². The van der Waals surface area contributed by atoms with E-state index in [0.717, 1.165) is 25.7 Å². The lowest BCUT2D eigenvalue weighted by molar-refractivity contribution is 0.214. The molecule has 1 aromatic carbocycles. The number of aliphatic hydroxyl groups is 1. The first-order chi connectivity index (χ1) is 9.51. The van der Waals surface area contributed by atoms with E-state index < -0.39 is 10.0 Å². The van der Waals surface area contributed by atoms with Crippen molar-refractivity contribution in [2.24, 2.45) is 0 Å². The third-order valence-electron chi connectivity index (χ3n) is 3.81. The fourth-order valence-corrected chi connectivity index (χ4v) is 3.87. The van der Waals surface area contributed by atoms with Crippen LogP contribution in [0.1, 0.15) is 38.2 Å². The van der Waals surface area contributed by atoms with Gasteiger partial charge in [0.25, 0.3) is 0 Å². The maximum atomic E-state index is 12.3. The fourth-order valence-electron chi connectivity index (χ4n) is 2.33. The van der Waals surface area contributed by atoms with Crippen LogP contribution in [-0.4, -0.2) is 25.7 Å². The second-order valence-corrected chi connectivity index (χ2v) is 6.76. The highest BCUT2D eigenvalue weighted by Gasteiger charge is 2.38. The molecule has 1 fully saturated rings. The number of hydrogen-bond acceptors (Lipinski definition) is 3. The third kappa shape index (κ3) is 3.21. The number of sulfonamides is 1. The zero-order valence-electron chi connectivity index (χ0n) is 11.5. The average Bonchev–Trinajstić information content (AvgIpc) is 2.41. The third-order valence-corrected chi connectivity index (χ3v) is 5.41. The molecule has 20 heavy (non-hydrogen) atoms. The van der Waals surface area contributed by atoms with E-state index in [1.54, 1.807) is 24.3 Å². The van der Waals surface area contributed by atoms with Crippen LogP contribution in [-0.2, 0) is 10.0 Å². The lowest BCUT2D eigenvalue weighted by Crippen LogP contribution is -2.52. The zero-order chi connectivity index (χ0) is 14.6. The van der Waals surface area contributed by atoms with Crippen molar-refractivity contribution in [1.29, 1.82) is 0 Å². The molecule has 0 aliphatic heterocycles. The first-order valence-electron chi connectivity index (χ1n) is 6.75. The Bertz CT molecular complexity index is 614. The summed E-state index contributed by atoms with van der Waals surface area (Å²) < 4.78 is 27.5. The Morgan fingerprint density at radius 2 is 1.95 bits per heavy atom. The Kier molecular flexibility index (Phi) is 4.48. The summed E-state index contributed by atoms with van der Waals surface area (Å²) in [5.74, 6) is 5.27. The molecular weight excluding hydrogens is 274 g/mol. The molecule has 0 aromatic heterocycles. The van der Waals surface area contributed by atoms with Gasteiger partial charge in [0.05, 0.1) is 4.90 Å². The van der Waals surface area contributed by atoms with Gasteiger partial charge in [-0.3, -0.25) is 0 Å². The van der Waals surface area contributed by atoms with Crippen LogP contribution >= 0.6 is 0 Å². The van der Waals surface area contributed by atoms with Crippen LogP contribution in [0, 0.1) is 11.8 Å². The highest BCUT2D eigenvalue weighted by Crippen LogP contribution is 2.36. The SMILES string of the molecule is CCC1(NS(=O)(=O)c2ccc(C#CCO)cc2)CCC1. The molecule has 0 bridgehead atoms. The maximum Gasteiger partial charge on any atom is 0.241 e. The molecule has 0 amide bonds. The molecule has 108 valence electrons. The van der Waals surface area contributed by atoms with Crippen LogP contribution in [0.4, 0.5) is 0 Å². The summed E-state index contributed by atoms with van der Waals surface area (Å²) in [5, 5.41) is 8.62.